The van der Waals surface area contributed by atoms with E-state index in [9.17, 15) is 19.5 Å². The molecule has 3 rings (SSSR count). The number of fused-ring (bicyclic) bond motifs is 1. The van der Waals surface area contributed by atoms with Crippen molar-refractivity contribution in [3.63, 3.8) is 0 Å². The number of carbonyl (C=O) groups is 2. The molecule has 0 spiro atoms. The Balaban J connectivity index is 2.03. The van der Waals surface area contributed by atoms with Crippen molar-refractivity contribution in [2.75, 3.05) is 6.61 Å². The third kappa shape index (κ3) is 4.51. The molecule has 1 N–H and O–H groups in total. The standard InChI is InChI=1S/C22H21NO6/c1-3-28-21(26)16(20(25)14-7-5-4-6-8-14)12-23-17-11-15-18(24)9-13(2)10-19(15)29-22(17)27/h4-8,11-13,25H,3,9-10H2,1-2H3/b20-16-,23-12?. The van der Waals surface area contributed by atoms with Crippen molar-refractivity contribution >= 4 is 29.4 Å². The van der Waals surface area contributed by atoms with Crippen molar-refractivity contribution in [2.45, 2.75) is 26.7 Å². The van der Waals surface area contributed by atoms with Gasteiger partial charge in [-0.15, -0.1) is 0 Å². The van der Waals surface area contributed by atoms with E-state index in [1.165, 1.54) is 6.07 Å². The lowest BCUT2D eigenvalue weighted by atomic mass is 9.88. The summed E-state index contributed by atoms with van der Waals surface area (Å²) in [5.41, 5.74) is -0.346. The molecule has 1 aromatic heterocycles. The molecule has 0 fully saturated rings. The quantitative estimate of drug-likeness (QED) is 0.359. The van der Waals surface area contributed by atoms with Crippen LogP contribution in [-0.2, 0) is 16.0 Å². The molecule has 1 aliphatic carbocycles. The lowest BCUT2D eigenvalue weighted by Gasteiger charge is -2.18. The van der Waals surface area contributed by atoms with Crippen LogP contribution in [-0.4, -0.2) is 29.7 Å². The van der Waals surface area contributed by atoms with E-state index in [4.69, 9.17) is 9.15 Å². The van der Waals surface area contributed by atoms with Crippen LogP contribution in [0.15, 0.2) is 56.2 Å². The molecule has 0 bridgehead atoms. The second-order valence-corrected chi connectivity index (χ2v) is 6.80. The van der Waals surface area contributed by atoms with Gasteiger partial charge in [0, 0.05) is 24.6 Å². The van der Waals surface area contributed by atoms with Gasteiger partial charge in [-0.3, -0.25) is 4.79 Å². The highest BCUT2D eigenvalue weighted by molar-refractivity contribution is 6.15. The number of benzene rings is 1. The summed E-state index contributed by atoms with van der Waals surface area (Å²) in [6.45, 7) is 3.65. The van der Waals surface area contributed by atoms with E-state index in [1.807, 2.05) is 6.92 Å². The maximum atomic E-state index is 12.3. The summed E-state index contributed by atoms with van der Waals surface area (Å²) in [6, 6.07) is 9.79. The number of aliphatic hydroxyl groups excluding tert-OH is 1. The topological polar surface area (TPSA) is 106 Å². The highest BCUT2D eigenvalue weighted by atomic mass is 16.5. The number of Topliss-reactive ketones (excluding diaryl/α,β-unsaturated/α-hetero) is 1. The minimum Gasteiger partial charge on any atom is -0.506 e. The fourth-order valence-electron chi connectivity index (χ4n) is 3.09. The smallest absolute Gasteiger partial charge is 0.362 e. The Bertz CT molecular complexity index is 1050. The van der Waals surface area contributed by atoms with E-state index in [0.29, 0.717) is 29.7 Å². The Morgan fingerprint density at radius 1 is 1.28 bits per heavy atom. The summed E-state index contributed by atoms with van der Waals surface area (Å²) >= 11 is 0. The van der Waals surface area contributed by atoms with Gasteiger partial charge in [-0.25, -0.2) is 14.6 Å². The molecule has 1 aliphatic rings. The Hall–Kier alpha value is -3.48. The van der Waals surface area contributed by atoms with Gasteiger partial charge in [0.05, 0.1) is 12.2 Å². The first kappa shape index (κ1) is 20.3. The van der Waals surface area contributed by atoms with Crippen LogP contribution in [0, 0.1) is 5.92 Å². The molecule has 0 saturated carbocycles. The van der Waals surface area contributed by atoms with Gasteiger partial charge in [0.1, 0.15) is 22.8 Å². The van der Waals surface area contributed by atoms with E-state index < -0.39 is 11.6 Å². The highest BCUT2D eigenvalue weighted by Crippen LogP contribution is 2.26. The summed E-state index contributed by atoms with van der Waals surface area (Å²) in [5.74, 6) is -0.781. The first-order valence-corrected chi connectivity index (χ1v) is 9.30. The van der Waals surface area contributed by atoms with Gasteiger partial charge in [-0.05, 0) is 18.9 Å². The number of hydrogen-bond acceptors (Lipinski definition) is 7. The third-order valence-electron chi connectivity index (χ3n) is 4.51. The Kier molecular flexibility index (Phi) is 6.07. The first-order valence-electron chi connectivity index (χ1n) is 9.30. The molecule has 2 aromatic rings. The minimum absolute atomic E-state index is 0.103. The monoisotopic (exact) mass is 395 g/mol. The van der Waals surface area contributed by atoms with Crippen molar-refractivity contribution in [1.82, 2.24) is 0 Å². The third-order valence-corrected chi connectivity index (χ3v) is 4.51. The molecule has 0 saturated heterocycles. The summed E-state index contributed by atoms with van der Waals surface area (Å²) < 4.78 is 10.3. The van der Waals surface area contributed by atoms with Gasteiger partial charge in [0.2, 0.25) is 0 Å². The number of aliphatic imine (C=N–C) groups is 1. The number of rotatable bonds is 5. The van der Waals surface area contributed by atoms with Crippen LogP contribution in [0.1, 0.15) is 41.9 Å². The van der Waals surface area contributed by atoms with E-state index in [0.717, 1.165) is 6.21 Å². The molecule has 150 valence electrons. The van der Waals surface area contributed by atoms with Gasteiger partial charge in [0.15, 0.2) is 5.78 Å². The van der Waals surface area contributed by atoms with Crippen LogP contribution in [0.5, 0.6) is 0 Å². The molecule has 29 heavy (non-hydrogen) atoms. The SMILES string of the molecule is CCOC(=O)/C(C=Nc1cc2c(oc1=O)CC(C)CC2=O)=C(\O)c1ccccc1. The minimum atomic E-state index is -0.787. The lowest BCUT2D eigenvalue weighted by molar-refractivity contribution is -0.137. The Morgan fingerprint density at radius 3 is 2.69 bits per heavy atom. The molecule has 0 radical (unpaired) electrons. The van der Waals surface area contributed by atoms with Gasteiger partial charge < -0.3 is 14.3 Å². The average molecular weight is 395 g/mol. The Morgan fingerprint density at radius 2 is 2.00 bits per heavy atom. The molecular formula is C22H21NO6. The molecular weight excluding hydrogens is 374 g/mol. The average Bonchev–Trinajstić information content (AvgIpc) is 2.69. The van der Waals surface area contributed by atoms with Gasteiger partial charge in [0.25, 0.3) is 0 Å². The van der Waals surface area contributed by atoms with Gasteiger partial charge in [-0.2, -0.15) is 0 Å². The summed E-state index contributed by atoms with van der Waals surface area (Å²) in [5, 5.41) is 10.5. The number of aliphatic hydroxyl groups is 1. The molecule has 1 aromatic carbocycles. The zero-order valence-corrected chi connectivity index (χ0v) is 16.2. The van der Waals surface area contributed by atoms with Crippen LogP contribution >= 0.6 is 0 Å². The maximum absolute atomic E-state index is 12.3. The van der Waals surface area contributed by atoms with Crippen LogP contribution in [0.4, 0.5) is 5.69 Å². The molecule has 0 amide bonds. The Labute approximate surface area is 167 Å². The zero-order chi connectivity index (χ0) is 21.0. The van der Waals surface area contributed by atoms with Crippen molar-refractivity contribution in [3.8, 4) is 0 Å². The number of hydrogen-bond donors (Lipinski definition) is 1. The van der Waals surface area contributed by atoms with Crippen molar-refractivity contribution in [3.05, 3.63) is 69.3 Å². The molecule has 1 unspecified atom stereocenters. The molecule has 1 heterocycles. The molecule has 7 nitrogen and oxygen atoms in total. The van der Waals surface area contributed by atoms with Crippen LogP contribution in [0.3, 0.4) is 0 Å². The normalized spacial score (nSPS) is 17.0. The second-order valence-electron chi connectivity index (χ2n) is 6.80. The molecule has 0 aliphatic heterocycles. The predicted molar refractivity (Wildman–Crippen MR) is 108 cm³/mol. The van der Waals surface area contributed by atoms with Crippen molar-refractivity contribution < 1.29 is 23.8 Å². The van der Waals surface area contributed by atoms with Crippen LogP contribution in [0.25, 0.3) is 5.76 Å². The number of esters is 1. The van der Waals surface area contributed by atoms with E-state index in [2.05, 4.69) is 4.99 Å². The summed E-state index contributed by atoms with van der Waals surface area (Å²) in [4.78, 5) is 40.8. The van der Waals surface area contributed by atoms with Crippen molar-refractivity contribution in [2.24, 2.45) is 10.9 Å². The predicted octanol–water partition coefficient (Wildman–Crippen LogP) is 3.64. The number of carbonyl (C=O) groups excluding carboxylic acids is 2. The lowest BCUT2D eigenvalue weighted by Crippen LogP contribution is -2.20. The van der Waals surface area contributed by atoms with E-state index >= 15 is 0 Å². The largest absolute Gasteiger partial charge is 0.506 e. The second kappa shape index (κ2) is 8.68. The van der Waals surface area contributed by atoms with Crippen LogP contribution in [0.2, 0.25) is 0 Å². The van der Waals surface area contributed by atoms with E-state index in [-0.39, 0.29) is 35.3 Å². The maximum Gasteiger partial charge on any atom is 0.362 e. The first-order chi connectivity index (χ1) is 13.9. The van der Waals surface area contributed by atoms with Gasteiger partial charge in [-0.1, -0.05) is 37.3 Å². The molecule has 1 atom stereocenters. The van der Waals surface area contributed by atoms with E-state index in [1.54, 1.807) is 37.3 Å². The van der Waals surface area contributed by atoms with Crippen molar-refractivity contribution in [1.29, 1.82) is 0 Å². The zero-order valence-electron chi connectivity index (χ0n) is 16.2. The number of ether oxygens (including phenoxy) is 1. The summed E-state index contributed by atoms with van der Waals surface area (Å²) in [7, 11) is 0. The fourth-order valence-corrected chi connectivity index (χ4v) is 3.09. The van der Waals surface area contributed by atoms with Crippen LogP contribution < -0.4 is 5.63 Å². The van der Waals surface area contributed by atoms with Gasteiger partial charge >= 0.3 is 11.6 Å². The number of ketones is 1. The fraction of sp³-hybridized carbons (Fsp3) is 0.273. The highest BCUT2D eigenvalue weighted by Gasteiger charge is 2.26. The molecule has 7 heteroatoms. The summed E-state index contributed by atoms with van der Waals surface area (Å²) in [6.07, 6.45) is 1.92. The number of nitrogens with zero attached hydrogens (tertiary/aromatic N) is 1.